The third-order valence-corrected chi connectivity index (χ3v) is 7.28. The monoisotopic (exact) mass is 545 g/mol. The molecule has 1 N–H and O–H groups in total. The summed E-state index contributed by atoms with van der Waals surface area (Å²) in [7, 11) is 0. The average Bonchev–Trinajstić information content (AvgIpc) is 3.21. The molecule has 0 saturated carbocycles. The summed E-state index contributed by atoms with van der Waals surface area (Å²) in [5.74, 6) is -0.272. The van der Waals surface area contributed by atoms with Gasteiger partial charge in [0.05, 0.1) is 12.0 Å². The van der Waals surface area contributed by atoms with Crippen molar-refractivity contribution in [1.29, 1.82) is 15.8 Å². The van der Waals surface area contributed by atoms with Gasteiger partial charge in [0.1, 0.15) is 42.1 Å². The SMILES string of the molecule is CCC(C)(C)C(=O)OCCNC(=O)OC1CCN(c2ccc(C3=C(C#N)C(=C(C#N)C#N)OC3(C)C)cc2)CC1. The lowest BCUT2D eigenvalue weighted by atomic mass is 9.89. The second-order valence-electron chi connectivity index (χ2n) is 10.8. The number of allylic oxidation sites excluding steroid dienone is 2. The standard InChI is InChI=1S/C30H35N5O5/c1-6-29(2,3)27(36)38-16-13-34-28(37)39-23-11-14-35(15-12-23)22-9-7-20(8-10-22)25-24(19-33)26(21(17-31)18-32)40-30(25,4)5/h7-10,23H,6,11-16H2,1-5H3,(H,34,37). The highest BCUT2D eigenvalue weighted by Crippen LogP contribution is 2.45. The molecule has 1 saturated heterocycles. The smallest absolute Gasteiger partial charge is 0.407 e. The number of ether oxygens (including phenoxy) is 3. The summed E-state index contributed by atoms with van der Waals surface area (Å²) in [6, 6.07) is 13.4. The second kappa shape index (κ2) is 12.6. The number of rotatable bonds is 8. The molecule has 0 bridgehead atoms. The lowest BCUT2D eigenvalue weighted by Gasteiger charge is -2.33. The van der Waals surface area contributed by atoms with Gasteiger partial charge in [-0.25, -0.2) is 4.79 Å². The van der Waals surface area contributed by atoms with Crippen LogP contribution in [0.3, 0.4) is 0 Å². The topological polar surface area (TPSA) is 148 Å². The van der Waals surface area contributed by atoms with Gasteiger partial charge in [0, 0.05) is 37.2 Å². The van der Waals surface area contributed by atoms with E-state index in [0.29, 0.717) is 37.9 Å². The summed E-state index contributed by atoms with van der Waals surface area (Å²) in [6.45, 7) is 10.8. The van der Waals surface area contributed by atoms with Crippen LogP contribution in [0.15, 0.2) is 41.2 Å². The number of hydrogen-bond acceptors (Lipinski definition) is 9. The molecule has 10 nitrogen and oxygen atoms in total. The van der Waals surface area contributed by atoms with Gasteiger partial charge in [0.25, 0.3) is 0 Å². The lowest BCUT2D eigenvalue weighted by molar-refractivity contribution is -0.153. The first-order valence-electron chi connectivity index (χ1n) is 13.3. The number of nitrogens with zero attached hydrogens (tertiary/aromatic N) is 4. The van der Waals surface area contributed by atoms with Gasteiger partial charge in [-0.15, -0.1) is 0 Å². The van der Waals surface area contributed by atoms with Crippen molar-refractivity contribution in [2.45, 2.75) is 65.6 Å². The Morgan fingerprint density at radius 2 is 1.75 bits per heavy atom. The van der Waals surface area contributed by atoms with Crippen LogP contribution in [0, 0.1) is 39.4 Å². The van der Waals surface area contributed by atoms with E-state index in [1.807, 2.05) is 57.2 Å². The molecule has 2 aliphatic rings. The highest BCUT2D eigenvalue weighted by atomic mass is 16.6. The zero-order valence-corrected chi connectivity index (χ0v) is 23.7. The van der Waals surface area contributed by atoms with Crippen LogP contribution in [0.4, 0.5) is 10.5 Å². The van der Waals surface area contributed by atoms with E-state index in [-0.39, 0.29) is 42.1 Å². The molecule has 0 aliphatic carbocycles. The lowest BCUT2D eigenvalue weighted by Crippen LogP contribution is -2.40. The summed E-state index contributed by atoms with van der Waals surface area (Å²) in [5.41, 5.74) is 0.921. The Morgan fingerprint density at radius 1 is 1.12 bits per heavy atom. The zero-order valence-electron chi connectivity index (χ0n) is 23.7. The number of nitrogens with one attached hydrogen (secondary N) is 1. The minimum absolute atomic E-state index is 0.0177. The van der Waals surface area contributed by atoms with Crippen LogP contribution in [0.25, 0.3) is 5.57 Å². The van der Waals surface area contributed by atoms with E-state index in [4.69, 9.17) is 14.2 Å². The Labute approximate surface area is 235 Å². The van der Waals surface area contributed by atoms with Crippen LogP contribution in [0.5, 0.6) is 0 Å². The van der Waals surface area contributed by atoms with Crippen molar-refractivity contribution in [1.82, 2.24) is 5.32 Å². The van der Waals surface area contributed by atoms with E-state index in [0.717, 1.165) is 11.3 Å². The minimum atomic E-state index is -0.884. The number of amides is 1. The molecular formula is C30H35N5O5. The third kappa shape index (κ3) is 6.74. The molecule has 2 aliphatic heterocycles. The van der Waals surface area contributed by atoms with Crippen LogP contribution in [-0.4, -0.2) is 50.0 Å². The van der Waals surface area contributed by atoms with Crippen LogP contribution in [0.1, 0.15) is 59.4 Å². The molecule has 1 aromatic carbocycles. The van der Waals surface area contributed by atoms with E-state index in [1.54, 1.807) is 13.8 Å². The third-order valence-electron chi connectivity index (χ3n) is 7.28. The van der Waals surface area contributed by atoms with Gasteiger partial charge in [0.2, 0.25) is 0 Å². The molecule has 0 radical (unpaired) electrons. The van der Waals surface area contributed by atoms with Gasteiger partial charge in [-0.3, -0.25) is 4.79 Å². The first kappa shape index (κ1) is 30.1. The van der Waals surface area contributed by atoms with Crippen LogP contribution < -0.4 is 10.2 Å². The normalized spacial score (nSPS) is 16.8. The second-order valence-corrected chi connectivity index (χ2v) is 10.8. The summed E-state index contributed by atoms with van der Waals surface area (Å²) < 4.78 is 16.6. The number of esters is 1. The van der Waals surface area contributed by atoms with E-state index in [2.05, 4.69) is 16.3 Å². The van der Waals surface area contributed by atoms with E-state index in [1.165, 1.54) is 0 Å². The molecule has 10 heteroatoms. The number of nitriles is 3. The molecule has 40 heavy (non-hydrogen) atoms. The summed E-state index contributed by atoms with van der Waals surface area (Å²) >= 11 is 0. The molecule has 1 aromatic rings. The summed E-state index contributed by atoms with van der Waals surface area (Å²) in [6.07, 6.45) is 1.26. The molecular weight excluding hydrogens is 510 g/mol. The van der Waals surface area contributed by atoms with E-state index < -0.39 is 17.1 Å². The number of anilines is 1. The average molecular weight is 546 g/mol. The maximum Gasteiger partial charge on any atom is 0.407 e. The van der Waals surface area contributed by atoms with Gasteiger partial charge >= 0.3 is 12.1 Å². The largest absolute Gasteiger partial charge is 0.480 e. The number of carbonyl (C=O) groups is 2. The molecule has 0 atom stereocenters. The Kier molecular flexibility index (Phi) is 9.45. The van der Waals surface area contributed by atoms with E-state index in [9.17, 15) is 25.4 Å². The van der Waals surface area contributed by atoms with Crippen molar-refractivity contribution in [3.63, 3.8) is 0 Å². The highest BCUT2D eigenvalue weighted by Gasteiger charge is 2.40. The first-order chi connectivity index (χ1) is 19.0. The quantitative estimate of drug-likeness (QED) is 0.277. The Bertz CT molecular complexity index is 1300. The fourth-order valence-corrected chi connectivity index (χ4v) is 4.57. The Morgan fingerprint density at radius 3 is 2.30 bits per heavy atom. The predicted octanol–water partition coefficient (Wildman–Crippen LogP) is 4.75. The number of hydrogen-bond donors (Lipinski definition) is 1. The predicted molar refractivity (Wildman–Crippen MR) is 147 cm³/mol. The van der Waals surface area contributed by atoms with Gasteiger partial charge in [-0.2, -0.15) is 15.8 Å². The molecule has 0 spiro atoms. The van der Waals surface area contributed by atoms with Gasteiger partial charge in [-0.1, -0.05) is 19.1 Å². The van der Waals surface area contributed by atoms with Crippen molar-refractivity contribution >= 4 is 23.3 Å². The molecule has 2 heterocycles. The molecule has 210 valence electrons. The number of alkyl carbamates (subject to hydrolysis) is 1. The number of carbonyl (C=O) groups excluding carboxylic acids is 2. The van der Waals surface area contributed by atoms with Crippen LogP contribution in [0.2, 0.25) is 0 Å². The number of benzene rings is 1. The van der Waals surface area contributed by atoms with Crippen LogP contribution in [-0.2, 0) is 19.0 Å². The Hall–Kier alpha value is -4.49. The molecule has 3 rings (SSSR count). The van der Waals surface area contributed by atoms with Crippen molar-refractivity contribution in [3.8, 4) is 18.2 Å². The number of piperidine rings is 1. The Balaban J connectivity index is 1.54. The maximum absolute atomic E-state index is 12.2. The van der Waals surface area contributed by atoms with Crippen molar-refractivity contribution < 1.29 is 23.8 Å². The first-order valence-corrected chi connectivity index (χ1v) is 13.3. The summed E-state index contributed by atoms with van der Waals surface area (Å²) in [5, 5.41) is 31.0. The summed E-state index contributed by atoms with van der Waals surface area (Å²) in [4.78, 5) is 26.4. The van der Waals surface area contributed by atoms with Crippen LogP contribution >= 0.6 is 0 Å². The minimum Gasteiger partial charge on any atom is -0.480 e. The fraction of sp³-hybridized carbons (Fsp3) is 0.500. The molecule has 0 unspecified atom stereocenters. The zero-order chi connectivity index (χ0) is 29.5. The highest BCUT2D eigenvalue weighted by molar-refractivity contribution is 5.84. The van der Waals surface area contributed by atoms with Crippen molar-refractivity contribution in [2.24, 2.45) is 5.41 Å². The van der Waals surface area contributed by atoms with E-state index >= 15 is 0 Å². The van der Waals surface area contributed by atoms with Crippen molar-refractivity contribution in [2.75, 3.05) is 31.1 Å². The maximum atomic E-state index is 12.2. The molecule has 1 fully saturated rings. The molecule has 1 amide bonds. The van der Waals surface area contributed by atoms with Crippen molar-refractivity contribution in [3.05, 3.63) is 46.7 Å². The van der Waals surface area contributed by atoms with Gasteiger partial charge in [-0.05, 0) is 51.8 Å². The molecule has 0 aromatic heterocycles. The van der Waals surface area contributed by atoms with Gasteiger partial charge < -0.3 is 24.4 Å². The van der Waals surface area contributed by atoms with Gasteiger partial charge in [0.15, 0.2) is 11.3 Å². The fourth-order valence-electron chi connectivity index (χ4n) is 4.57.